The Bertz CT molecular complexity index is 370. The SMILES string of the molecule is CC(=O)Oc1ccc([C@@H](N)CO)cc1O.Cl. The number of esters is 1. The molecule has 0 fully saturated rings. The summed E-state index contributed by atoms with van der Waals surface area (Å²) in [7, 11) is 0. The number of hydrogen-bond donors (Lipinski definition) is 3. The van der Waals surface area contributed by atoms with Crippen molar-refractivity contribution >= 4 is 18.4 Å². The average Bonchev–Trinajstić information content (AvgIpc) is 2.19. The number of aliphatic hydroxyl groups is 1. The zero-order valence-corrected chi connectivity index (χ0v) is 9.53. The largest absolute Gasteiger partial charge is 0.504 e. The van der Waals surface area contributed by atoms with Crippen molar-refractivity contribution < 1.29 is 19.7 Å². The predicted octanol–water partition coefficient (Wildman–Crippen LogP) is 0.731. The van der Waals surface area contributed by atoms with E-state index in [0.717, 1.165) is 0 Å². The van der Waals surface area contributed by atoms with E-state index in [1.807, 2.05) is 0 Å². The summed E-state index contributed by atoms with van der Waals surface area (Å²) < 4.78 is 4.72. The number of ether oxygens (including phenoxy) is 1. The van der Waals surface area contributed by atoms with Crippen LogP contribution in [0.1, 0.15) is 18.5 Å². The molecule has 5 nitrogen and oxygen atoms in total. The van der Waals surface area contributed by atoms with Gasteiger partial charge in [0, 0.05) is 6.92 Å². The Morgan fingerprint density at radius 2 is 2.19 bits per heavy atom. The lowest BCUT2D eigenvalue weighted by molar-refractivity contribution is -0.132. The van der Waals surface area contributed by atoms with Gasteiger partial charge >= 0.3 is 5.97 Å². The smallest absolute Gasteiger partial charge is 0.308 e. The van der Waals surface area contributed by atoms with Gasteiger partial charge in [0.2, 0.25) is 0 Å². The Balaban J connectivity index is 0.00000225. The highest BCUT2D eigenvalue weighted by molar-refractivity contribution is 5.85. The molecular weight excluding hydrogens is 234 g/mol. The average molecular weight is 248 g/mol. The molecule has 1 aromatic rings. The second-order valence-electron chi connectivity index (χ2n) is 3.11. The van der Waals surface area contributed by atoms with E-state index in [1.165, 1.54) is 19.1 Å². The molecule has 0 aromatic heterocycles. The van der Waals surface area contributed by atoms with E-state index < -0.39 is 12.0 Å². The fraction of sp³-hybridized carbons (Fsp3) is 0.300. The van der Waals surface area contributed by atoms with Crippen LogP contribution in [0.15, 0.2) is 18.2 Å². The highest BCUT2D eigenvalue weighted by Gasteiger charge is 2.10. The quantitative estimate of drug-likeness (QED) is 0.541. The second kappa shape index (κ2) is 6.32. The van der Waals surface area contributed by atoms with Crippen LogP contribution >= 0.6 is 12.4 Å². The van der Waals surface area contributed by atoms with Gasteiger partial charge in [0.1, 0.15) is 0 Å². The number of phenols is 1. The topological polar surface area (TPSA) is 92.8 Å². The number of nitrogens with two attached hydrogens (primary N) is 1. The highest BCUT2D eigenvalue weighted by Crippen LogP contribution is 2.28. The van der Waals surface area contributed by atoms with E-state index in [-0.39, 0.29) is 30.5 Å². The Hall–Kier alpha value is -1.30. The summed E-state index contributed by atoms with van der Waals surface area (Å²) in [6.45, 7) is 1.03. The molecule has 0 heterocycles. The van der Waals surface area contributed by atoms with Gasteiger partial charge in [0.15, 0.2) is 11.5 Å². The van der Waals surface area contributed by atoms with Crippen LogP contribution in [0.5, 0.6) is 11.5 Å². The summed E-state index contributed by atoms with van der Waals surface area (Å²) in [6, 6.07) is 3.82. The van der Waals surface area contributed by atoms with Crippen molar-refractivity contribution in [1.82, 2.24) is 0 Å². The summed E-state index contributed by atoms with van der Waals surface area (Å²) in [5.41, 5.74) is 6.12. The van der Waals surface area contributed by atoms with Crippen LogP contribution in [-0.4, -0.2) is 22.8 Å². The zero-order chi connectivity index (χ0) is 11.4. The van der Waals surface area contributed by atoms with E-state index in [4.69, 9.17) is 15.6 Å². The van der Waals surface area contributed by atoms with Gasteiger partial charge in [-0.1, -0.05) is 6.07 Å². The van der Waals surface area contributed by atoms with E-state index in [2.05, 4.69) is 0 Å². The molecule has 0 spiro atoms. The van der Waals surface area contributed by atoms with Crippen molar-refractivity contribution in [2.75, 3.05) is 6.61 Å². The molecule has 0 saturated carbocycles. The minimum absolute atomic E-state index is 0. The lowest BCUT2D eigenvalue weighted by atomic mass is 10.1. The third kappa shape index (κ3) is 3.69. The zero-order valence-electron chi connectivity index (χ0n) is 8.71. The summed E-state index contributed by atoms with van der Waals surface area (Å²) in [4.78, 5) is 10.6. The number of aliphatic hydroxyl groups excluding tert-OH is 1. The first kappa shape index (κ1) is 14.7. The molecule has 0 saturated heterocycles. The highest BCUT2D eigenvalue weighted by atomic mass is 35.5. The van der Waals surface area contributed by atoms with Gasteiger partial charge in [-0.2, -0.15) is 0 Å². The lowest BCUT2D eigenvalue weighted by Gasteiger charge is -2.10. The minimum Gasteiger partial charge on any atom is -0.504 e. The maximum Gasteiger partial charge on any atom is 0.308 e. The van der Waals surface area contributed by atoms with Crippen molar-refractivity contribution in [3.8, 4) is 11.5 Å². The molecule has 16 heavy (non-hydrogen) atoms. The molecule has 1 rings (SSSR count). The second-order valence-corrected chi connectivity index (χ2v) is 3.11. The maximum absolute atomic E-state index is 10.6. The monoisotopic (exact) mass is 247 g/mol. The third-order valence-corrected chi connectivity index (χ3v) is 1.86. The van der Waals surface area contributed by atoms with E-state index in [9.17, 15) is 9.90 Å². The van der Waals surface area contributed by atoms with Gasteiger partial charge in [-0.3, -0.25) is 4.79 Å². The number of halogens is 1. The van der Waals surface area contributed by atoms with Crippen LogP contribution in [0, 0.1) is 0 Å². The summed E-state index contributed by atoms with van der Waals surface area (Å²) in [5.74, 6) is -0.604. The fourth-order valence-corrected chi connectivity index (χ4v) is 1.11. The van der Waals surface area contributed by atoms with E-state index in [1.54, 1.807) is 6.07 Å². The number of benzene rings is 1. The summed E-state index contributed by atoms with van der Waals surface area (Å²) in [6.07, 6.45) is 0. The Morgan fingerprint density at radius 3 is 2.62 bits per heavy atom. The third-order valence-electron chi connectivity index (χ3n) is 1.86. The van der Waals surface area contributed by atoms with Gasteiger partial charge in [-0.15, -0.1) is 12.4 Å². The van der Waals surface area contributed by atoms with Gasteiger partial charge < -0.3 is 20.7 Å². The molecule has 1 aromatic carbocycles. The first-order valence-corrected chi connectivity index (χ1v) is 4.42. The van der Waals surface area contributed by atoms with Gasteiger partial charge in [0.05, 0.1) is 12.6 Å². The molecule has 4 N–H and O–H groups in total. The minimum atomic E-state index is -0.553. The molecule has 1 atom stereocenters. The van der Waals surface area contributed by atoms with E-state index >= 15 is 0 Å². The normalized spacial score (nSPS) is 11.4. The number of hydrogen-bond acceptors (Lipinski definition) is 5. The molecule has 0 unspecified atom stereocenters. The van der Waals surface area contributed by atoms with E-state index in [0.29, 0.717) is 5.56 Å². The summed E-state index contributed by atoms with van der Waals surface area (Å²) in [5, 5.41) is 18.3. The molecule has 0 aliphatic carbocycles. The van der Waals surface area contributed by atoms with Gasteiger partial charge in [-0.25, -0.2) is 0 Å². The van der Waals surface area contributed by atoms with Crippen molar-refractivity contribution in [2.45, 2.75) is 13.0 Å². The Kier molecular flexibility index (Phi) is 5.81. The molecule has 0 bridgehead atoms. The first-order valence-electron chi connectivity index (χ1n) is 4.42. The molecule has 0 aliphatic heterocycles. The van der Waals surface area contributed by atoms with Crippen molar-refractivity contribution in [3.05, 3.63) is 23.8 Å². The van der Waals surface area contributed by atoms with Crippen LogP contribution in [0.25, 0.3) is 0 Å². The predicted molar refractivity (Wildman–Crippen MR) is 60.7 cm³/mol. The molecular formula is C10H14ClNO4. The van der Waals surface area contributed by atoms with Crippen molar-refractivity contribution in [3.63, 3.8) is 0 Å². The Labute approximate surface area is 99.2 Å². The number of aromatic hydroxyl groups is 1. The van der Waals surface area contributed by atoms with Crippen LogP contribution in [-0.2, 0) is 4.79 Å². The maximum atomic E-state index is 10.6. The fourth-order valence-electron chi connectivity index (χ4n) is 1.11. The lowest BCUT2D eigenvalue weighted by Crippen LogP contribution is -2.14. The van der Waals surface area contributed by atoms with Gasteiger partial charge in [0.25, 0.3) is 0 Å². The number of rotatable bonds is 3. The van der Waals surface area contributed by atoms with Crippen LogP contribution < -0.4 is 10.5 Å². The Morgan fingerprint density at radius 1 is 1.56 bits per heavy atom. The van der Waals surface area contributed by atoms with Gasteiger partial charge in [-0.05, 0) is 17.7 Å². The molecule has 6 heteroatoms. The molecule has 0 radical (unpaired) electrons. The molecule has 0 amide bonds. The standard InChI is InChI=1S/C10H13NO4.ClH/c1-6(13)15-10-3-2-7(4-9(10)14)8(11)5-12;/h2-4,8,12,14H,5,11H2,1H3;1H/t8-;/m0./s1. The van der Waals surface area contributed by atoms with Crippen LogP contribution in [0.4, 0.5) is 0 Å². The van der Waals surface area contributed by atoms with Crippen molar-refractivity contribution in [2.24, 2.45) is 5.73 Å². The molecule has 0 aliphatic rings. The van der Waals surface area contributed by atoms with Crippen LogP contribution in [0.3, 0.4) is 0 Å². The number of carbonyl (C=O) groups excluding carboxylic acids is 1. The van der Waals surface area contributed by atoms with Crippen LogP contribution in [0.2, 0.25) is 0 Å². The number of phenolic OH excluding ortho intramolecular Hbond substituents is 1. The van der Waals surface area contributed by atoms with Crippen molar-refractivity contribution in [1.29, 1.82) is 0 Å². The summed E-state index contributed by atoms with van der Waals surface area (Å²) >= 11 is 0. The molecule has 90 valence electrons. The first-order chi connectivity index (χ1) is 7.04. The number of carbonyl (C=O) groups is 1.